The zero-order chi connectivity index (χ0) is 23.1. The molecule has 5 rings (SSSR count). The van der Waals surface area contributed by atoms with Crippen LogP contribution in [-0.4, -0.2) is 20.1 Å². The number of rotatable bonds is 4. The van der Waals surface area contributed by atoms with Crippen molar-refractivity contribution in [2.45, 2.75) is 6.61 Å². The fraction of sp³-hybridized carbons (Fsp3) is 0.0417. The molecule has 3 heterocycles. The van der Waals surface area contributed by atoms with Crippen LogP contribution in [0, 0.1) is 17.5 Å². The molecule has 164 valence electrons. The number of aromatic nitrogens is 3. The van der Waals surface area contributed by atoms with Crippen molar-refractivity contribution in [3.8, 4) is 11.1 Å². The van der Waals surface area contributed by atoms with Gasteiger partial charge in [0.25, 0.3) is 5.56 Å². The van der Waals surface area contributed by atoms with Crippen molar-refractivity contribution in [2.24, 2.45) is 0 Å². The van der Waals surface area contributed by atoms with Gasteiger partial charge in [0.15, 0.2) is 11.6 Å². The zero-order valence-corrected chi connectivity index (χ0v) is 16.9. The molecule has 0 spiro atoms. The first-order valence-corrected chi connectivity index (χ1v) is 9.87. The molecule has 0 aliphatic rings. The van der Waals surface area contributed by atoms with E-state index in [0.717, 1.165) is 11.1 Å². The van der Waals surface area contributed by atoms with E-state index in [0.29, 0.717) is 34.1 Å². The molecule has 0 saturated heterocycles. The molecule has 0 amide bonds. The molecule has 0 aliphatic carbocycles. The average Bonchev–Trinajstić information content (AvgIpc) is 2.81. The van der Waals surface area contributed by atoms with Gasteiger partial charge in [-0.3, -0.25) is 9.78 Å². The van der Waals surface area contributed by atoms with Gasteiger partial charge < -0.3 is 15.4 Å². The molecular formula is C24H15F3N4O2. The van der Waals surface area contributed by atoms with Gasteiger partial charge in [-0.25, -0.2) is 18.2 Å². The largest absolute Gasteiger partial charge is 0.390 e. The first-order chi connectivity index (χ1) is 15.9. The number of pyridine rings is 3. The standard InChI is InChI=1S/C24H15F3N4O2/c25-14-8-18(26)22(19(27)9-14)31-23-16-5-6-28-24(33)21(16)17-7-12(2-4-20(17)30-23)13-1-3-15(11-32)29-10-13/h1-10,32H,11H2,(H,28,33)(H,30,31). The molecule has 2 aromatic carbocycles. The molecule has 5 aromatic rings. The summed E-state index contributed by atoms with van der Waals surface area (Å²) in [4.78, 5) is 24.0. The third kappa shape index (κ3) is 3.68. The first kappa shape index (κ1) is 20.7. The summed E-state index contributed by atoms with van der Waals surface area (Å²) in [5, 5.41) is 12.9. The summed E-state index contributed by atoms with van der Waals surface area (Å²) in [7, 11) is 0. The number of hydrogen-bond donors (Lipinski definition) is 3. The van der Waals surface area contributed by atoms with Gasteiger partial charge in [0.1, 0.15) is 17.3 Å². The third-order valence-corrected chi connectivity index (χ3v) is 5.28. The second kappa shape index (κ2) is 8.03. The van der Waals surface area contributed by atoms with Crippen molar-refractivity contribution in [3.05, 3.63) is 94.4 Å². The second-order valence-corrected chi connectivity index (χ2v) is 7.35. The Bertz CT molecular complexity index is 1560. The highest BCUT2D eigenvalue weighted by Gasteiger charge is 2.17. The normalized spacial score (nSPS) is 11.3. The summed E-state index contributed by atoms with van der Waals surface area (Å²) in [5.41, 5.74) is 1.49. The van der Waals surface area contributed by atoms with Gasteiger partial charge in [-0.15, -0.1) is 0 Å². The molecule has 9 heteroatoms. The number of halogens is 3. The van der Waals surface area contributed by atoms with E-state index < -0.39 is 28.7 Å². The maximum Gasteiger partial charge on any atom is 0.256 e. The van der Waals surface area contributed by atoms with Crippen molar-refractivity contribution in [3.63, 3.8) is 0 Å². The van der Waals surface area contributed by atoms with Crippen molar-refractivity contribution < 1.29 is 18.3 Å². The number of aliphatic hydroxyl groups is 1. The van der Waals surface area contributed by atoms with E-state index >= 15 is 0 Å². The predicted molar refractivity (Wildman–Crippen MR) is 119 cm³/mol. The van der Waals surface area contributed by atoms with Crippen molar-refractivity contribution in [1.29, 1.82) is 0 Å². The highest BCUT2D eigenvalue weighted by molar-refractivity contribution is 6.11. The Labute approximate surface area is 184 Å². The number of benzene rings is 2. The van der Waals surface area contributed by atoms with Gasteiger partial charge in [-0.05, 0) is 29.8 Å². The number of hydrogen-bond acceptors (Lipinski definition) is 5. The Balaban J connectivity index is 1.71. The molecule has 0 bridgehead atoms. The third-order valence-electron chi connectivity index (χ3n) is 5.28. The van der Waals surface area contributed by atoms with Gasteiger partial charge in [-0.2, -0.15) is 0 Å². The minimum Gasteiger partial charge on any atom is -0.390 e. The lowest BCUT2D eigenvalue weighted by Gasteiger charge is -2.13. The molecule has 3 N–H and O–H groups in total. The van der Waals surface area contributed by atoms with Gasteiger partial charge in [0, 0.05) is 40.9 Å². The Morgan fingerprint density at radius 1 is 0.939 bits per heavy atom. The van der Waals surface area contributed by atoms with Crippen LogP contribution in [0.3, 0.4) is 0 Å². The summed E-state index contributed by atoms with van der Waals surface area (Å²) in [6.45, 7) is -0.174. The Morgan fingerprint density at radius 2 is 1.70 bits per heavy atom. The lowest BCUT2D eigenvalue weighted by molar-refractivity contribution is 0.277. The summed E-state index contributed by atoms with van der Waals surface area (Å²) >= 11 is 0. The van der Waals surface area contributed by atoms with Crippen LogP contribution in [0.2, 0.25) is 0 Å². The topological polar surface area (TPSA) is 90.9 Å². The smallest absolute Gasteiger partial charge is 0.256 e. The lowest BCUT2D eigenvalue weighted by atomic mass is 10.0. The molecule has 0 unspecified atom stereocenters. The van der Waals surface area contributed by atoms with Crippen molar-refractivity contribution in [1.82, 2.24) is 15.0 Å². The Hall–Kier alpha value is -4.24. The Kier molecular flexibility index (Phi) is 5.02. The van der Waals surface area contributed by atoms with Crippen LogP contribution in [0.15, 0.2) is 65.7 Å². The molecule has 0 radical (unpaired) electrons. The molecular weight excluding hydrogens is 433 g/mol. The Morgan fingerprint density at radius 3 is 2.39 bits per heavy atom. The van der Waals surface area contributed by atoms with E-state index in [9.17, 15) is 23.1 Å². The number of nitrogens with zero attached hydrogens (tertiary/aromatic N) is 2. The van der Waals surface area contributed by atoms with Crippen LogP contribution in [-0.2, 0) is 6.61 Å². The fourth-order valence-corrected chi connectivity index (χ4v) is 3.70. The highest BCUT2D eigenvalue weighted by Crippen LogP contribution is 2.33. The quantitative estimate of drug-likeness (QED) is 0.344. The average molecular weight is 448 g/mol. The number of H-pyrrole nitrogens is 1. The van der Waals surface area contributed by atoms with Gasteiger partial charge in [0.2, 0.25) is 0 Å². The van der Waals surface area contributed by atoms with Gasteiger partial charge in [-0.1, -0.05) is 12.1 Å². The van der Waals surface area contributed by atoms with E-state index in [1.54, 1.807) is 42.6 Å². The van der Waals surface area contributed by atoms with E-state index in [1.807, 2.05) is 0 Å². The zero-order valence-electron chi connectivity index (χ0n) is 16.9. The molecule has 0 atom stereocenters. The van der Waals surface area contributed by atoms with Crippen molar-refractivity contribution in [2.75, 3.05) is 5.32 Å². The van der Waals surface area contributed by atoms with Crippen LogP contribution in [0.4, 0.5) is 24.7 Å². The van der Waals surface area contributed by atoms with E-state index in [4.69, 9.17) is 0 Å². The molecule has 0 aliphatic heterocycles. The number of nitrogens with one attached hydrogen (secondary N) is 2. The van der Waals surface area contributed by atoms with Crippen molar-refractivity contribution >= 4 is 33.2 Å². The monoisotopic (exact) mass is 448 g/mol. The van der Waals surface area contributed by atoms with Crippen LogP contribution in [0.5, 0.6) is 0 Å². The molecule has 3 aromatic heterocycles. The highest BCUT2D eigenvalue weighted by atomic mass is 19.1. The molecule has 0 fully saturated rings. The number of aromatic amines is 1. The second-order valence-electron chi connectivity index (χ2n) is 7.35. The molecule has 0 saturated carbocycles. The predicted octanol–water partition coefficient (Wildman–Crippen LogP) is 4.79. The minimum atomic E-state index is -1.12. The van der Waals surface area contributed by atoms with Crippen LogP contribution >= 0.6 is 0 Å². The van der Waals surface area contributed by atoms with E-state index in [-0.39, 0.29) is 17.8 Å². The fourth-order valence-electron chi connectivity index (χ4n) is 3.70. The lowest BCUT2D eigenvalue weighted by Crippen LogP contribution is -2.08. The number of aliphatic hydroxyl groups excluding tert-OH is 1. The molecule has 33 heavy (non-hydrogen) atoms. The van der Waals surface area contributed by atoms with E-state index in [1.165, 1.54) is 6.20 Å². The summed E-state index contributed by atoms with van der Waals surface area (Å²) in [6.07, 6.45) is 3.02. The maximum absolute atomic E-state index is 14.2. The number of anilines is 2. The van der Waals surface area contributed by atoms with Crippen LogP contribution < -0.4 is 10.9 Å². The SMILES string of the molecule is O=c1[nH]ccc2c(Nc3c(F)cc(F)cc3F)nc3ccc(-c4ccc(CO)nc4)cc3c12. The number of fused-ring (bicyclic) bond motifs is 3. The van der Waals surface area contributed by atoms with Crippen LogP contribution in [0.1, 0.15) is 5.69 Å². The van der Waals surface area contributed by atoms with Gasteiger partial charge in [0.05, 0.1) is 23.2 Å². The minimum absolute atomic E-state index is 0.0507. The summed E-state index contributed by atoms with van der Waals surface area (Å²) < 4.78 is 41.7. The van der Waals surface area contributed by atoms with Crippen LogP contribution in [0.25, 0.3) is 32.8 Å². The summed E-state index contributed by atoms with van der Waals surface area (Å²) in [5.74, 6) is -3.24. The van der Waals surface area contributed by atoms with E-state index in [2.05, 4.69) is 20.3 Å². The summed E-state index contributed by atoms with van der Waals surface area (Å²) in [6, 6.07) is 11.4. The first-order valence-electron chi connectivity index (χ1n) is 9.87. The maximum atomic E-state index is 14.2. The van der Waals surface area contributed by atoms with Gasteiger partial charge >= 0.3 is 0 Å². The molecule has 6 nitrogen and oxygen atoms in total.